The number of thiophene rings is 1. The first kappa shape index (κ1) is 12.6. The van der Waals surface area contributed by atoms with Crippen molar-refractivity contribution >= 4 is 11.3 Å². The predicted octanol–water partition coefficient (Wildman–Crippen LogP) is 3.27. The Kier molecular flexibility index (Phi) is 3.48. The van der Waals surface area contributed by atoms with Crippen molar-refractivity contribution in [1.82, 2.24) is 10.2 Å². The molecule has 2 atom stereocenters. The molecular formula is C15H24N2S. The van der Waals surface area contributed by atoms with Gasteiger partial charge in [-0.05, 0) is 57.0 Å². The van der Waals surface area contributed by atoms with Gasteiger partial charge in [0, 0.05) is 29.5 Å². The summed E-state index contributed by atoms with van der Waals surface area (Å²) in [5.74, 6) is 0.911. The van der Waals surface area contributed by atoms with Gasteiger partial charge in [-0.15, -0.1) is 11.3 Å². The zero-order valence-corrected chi connectivity index (χ0v) is 12.3. The van der Waals surface area contributed by atoms with Gasteiger partial charge >= 0.3 is 0 Å². The zero-order valence-electron chi connectivity index (χ0n) is 11.5. The van der Waals surface area contributed by atoms with Gasteiger partial charge in [-0.25, -0.2) is 0 Å². The van der Waals surface area contributed by atoms with E-state index in [1.165, 1.54) is 43.8 Å². The van der Waals surface area contributed by atoms with Gasteiger partial charge in [0.2, 0.25) is 0 Å². The molecule has 18 heavy (non-hydrogen) atoms. The Morgan fingerprint density at radius 3 is 3.00 bits per heavy atom. The van der Waals surface area contributed by atoms with E-state index >= 15 is 0 Å². The Hall–Kier alpha value is -0.380. The van der Waals surface area contributed by atoms with E-state index in [4.69, 9.17) is 0 Å². The third-order valence-corrected chi connectivity index (χ3v) is 5.71. The lowest BCUT2D eigenvalue weighted by Crippen LogP contribution is -2.51. The van der Waals surface area contributed by atoms with E-state index in [9.17, 15) is 0 Å². The highest BCUT2D eigenvalue weighted by atomic mass is 32.1. The first-order valence-corrected chi connectivity index (χ1v) is 8.09. The van der Waals surface area contributed by atoms with Crippen molar-refractivity contribution in [2.24, 2.45) is 5.92 Å². The van der Waals surface area contributed by atoms with E-state index < -0.39 is 0 Å². The SMILES string of the molecule is CC(c1cccs1)N1CCCNC(C)(C2CC2)C1. The molecule has 2 unspecified atom stereocenters. The molecule has 0 radical (unpaired) electrons. The summed E-state index contributed by atoms with van der Waals surface area (Å²) in [7, 11) is 0. The van der Waals surface area contributed by atoms with Crippen LogP contribution in [-0.4, -0.2) is 30.1 Å². The summed E-state index contributed by atoms with van der Waals surface area (Å²) in [6, 6.07) is 5.03. The minimum atomic E-state index is 0.349. The second kappa shape index (κ2) is 4.95. The summed E-state index contributed by atoms with van der Waals surface area (Å²) in [6.45, 7) is 8.42. The molecule has 1 aliphatic carbocycles. The van der Waals surface area contributed by atoms with Crippen LogP contribution in [0.2, 0.25) is 0 Å². The minimum Gasteiger partial charge on any atom is -0.310 e. The molecule has 1 saturated carbocycles. The largest absolute Gasteiger partial charge is 0.310 e. The van der Waals surface area contributed by atoms with E-state index in [0.717, 1.165) is 5.92 Å². The zero-order chi connectivity index (χ0) is 12.6. The van der Waals surface area contributed by atoms with Crippen molar-refractivity contribution < 1.29 is 0 Å². The van der Waals surface area contributed by atoms with Gasteiger partial charge < -0.3 is 5.32 Å². The summed E-state index contributed by atoms with van der Waals surface area (Å²) in [5.41, 5.74) is 0.349. The van der Waals surface area contributed by atoms with E-state index in [1.54, 1.807) is 0 Å². The highest BCUT2D eigenvalue weighted by Crippen LogP contribution is 2.41. The van der Waals surface area contributed by atoms with Crippen LogP contribution in [0.3, 0.4) is 0 Å². The molecule has 0 aromatic carbocycles. The Morgan fingerprint density at radius 2 is 2.33 bits per heavy atom. The van der Waals surface area contributed by atoms with Crippen LogP contribution in [0.1, 0.15) is 44.0 Å². The van der Waals surface area contributed by atoms with Crippen molar-refractivity contribution in [2.75, 3.05) is 19.6 Å². The van der Waals surface area contributed by atoms with Gasteiger partial charge in [-0.3, -0.25) is 4.90 Å². The van der Waals surface area contributed by atoms with Gasteiger partial charge in [0.05, 0.1) is 0 Å². The Balaban J connectivity index is 1.74. The molecule has 1 aliphatic heterocycles. The van der Waals surface area contributed by atoms with Crippen LogP contribution in [0.25, 0.3) is 0 Å². The first-order valence-electron chi connectivity index (χ1n) is 7.21. The smallest absolute Gasteiger partial charge is 0.0414 e. The van der Waals surface area contributed by atoms with E-state index in [1.807, 2.05) is 11.3 Å². The third kappa shape index (κ3) is 2.49. The summed E-state index contributed by atoms with van der Waals surface area (Å²) in [4.78, 5) is 4.19. The number of nitrogens with zero attached hydrogens (tertiary/aromatic N) is 1. The molecule has 3 heteroatoms. The topological polar surface area (TPSA) is 15.3 Å². The molecule has 100 valence electrons. The number of hydrogen-bond acceptors (Lipinski definition) is 3. The maximum absolute atomic E-state index is 3.81. The van der Waals surface area contributed by atoms with Gasteiger partial charge in [-0.2, -0.15) is 0 Å². The molecule has 2 heterocycles. The van der Waals surface area contributed by atoms with Crippen molar-refractivity contribution in [3.8, 4) is 0 Å². The lowest BCUT2D eigenvalue weighted by Gasteiger charge is -2.36. The molecule has 1 aromatic heterocycles. The molecule has 2 fully saturated rings. The summed E-state index contributed by atoms with van der Waals surface area (Å²) >= 11 is 1.89. The molecule has 1 saturated heterocycles. The maximum atomic E-state index is 3.81. The van der Waals surface area contributed by atoms with Crippen molar-refractivity contribution in [1.29, 1.82) is 0 Å². The van der Waals surface area contributed by atoms with E-state index in [0.29, 0.717) is 11.6 Å². The van der Waals surface area contributed by atoms with Crippen LogP contribution in [0.4, 0.5) is 0 Å². The van der Waals surface area contributed by atoms with Crippen LogP contribution in [0.5, 0.6) is 0 Å². The Morgan fingerprint density at radius 1 is 1.50 bits per heavy atom. The van der Waals surface area contributed by atoms with Gasteiger partial charge in [-0.1, -0.05) is 6.07 Å². The fourth-order valence-electron chi connectivity index (χ4n) is 3.25. The second-order valence-electron chi connectivity index (χ2n) is 6.13. The van der Waals surface area contributed by atoms with E-state index in [2.05, 4.69) is 41.6 Å². The molecule has 2 nitrogen and oxygen atoms in total. The number of hydrogen-bond donors (Lipinski definition) is 1. The molecule has 2 aliphatic rings. The number of nitrogens with one attached hydrogen (secondary N) is 1. The van der Waals surface area contributed by atoms with Gasteiger partial charge in [0.15, 0.2) is 0 Å². The third-order valence-electron chi connectivity index (χ3n) is 4.66. The monoisotopic (exact) mass is 264 g/mol. The lowest BCUT2D eigenvalue weighted by molar-refractivity contribution is 0.161. The highest BCUT2D eigenvalue weighted by Gasteiger charge is 2.43. The van der Waals surface area contributed by atoms with Gasteiger partial charge in [0.1, 0.15) is 0 Å². The summed E-state index contributed by atoms with van der Waals surface area (Å²) in [5, 5.41) is 6.01. The fourth-order valence-corrected chi connectivity index (χ4v) is 4.06. The Labute approximate surface area is 114 Å². The predicted molar refractivity (Wildman–Crippen MR) is 78.1 cm³/mol. The average Bonchev–Trinajstić information content (AvgIpc) is 3.12. The number of rotatable bonds is 3. The molecule has 0 spiro atoms. The highest BCUT2D eigenvalue weighted by molar-refractivity contribution is 7.10. The average molecular weight is 264 g/mol. The standard InChI is InChI=1S/C15H24N2S/c1-12(14-5-3-10-18-14)17-9-4-8-16-15(2,11-17)13-6-7-13/h3,5,10,12-13,16H,4,6-9,11H2,1-2H3. The lowest BCUT2D eigenvalue weighted by atomic mass is 9.95. The minimum absolute atomic E-state index is 0.349. The molecule has 3 rings (SSSR count). The first-order chi connectivity index (χ1) is 8.69. The quantitative estimate of drug-likeness (QED) is 0.901. The molecule has 0 bridgehead atoms. The van der Waals surface area contributed by atoms with Crippen LogP contribution in [0.15, 0.2) is 17.5 Å². The molecule has 1 aromatic rings. The van der Waals surface area contributed by atoms with Crippen LogP contribution in [-0.2, 0) is 0 Å². The second-order valence-corrected chi connectivity index (χ2v) is 7.11. The van der Waals surface area contributed by atoms with Crippen molar-refractivity contribution in [3.63, 3.8) is 0 Å². The van der Waals surface area contributed by atoms with Crippen LogP contribution >= 0.6 is 11.3 Å². The van der Waals surface area contributed by atoms with E-state index in [-0.39, 0.29) is 0 Å². The summed E-state index contributed by atoms with van der Waals surface area (Å²) < 4.78 is 0. The molecular weight excluding hydrogens is 240 g/mol. The molecule has 1 N–H and O–H groups in total. The van der Waals surface area contributed by atoms with Crippen LogP contribution in [0, 0.1) is 5.92 Å². The fraction of sp³-hybridized carbons (Fsp3) is 0.733. The normalized spacial score (nSPS) is 32.1. The van der Waals surface area contributed by atoms with Crippen molar-refractivity contribution in [2.45, 2.75) is 44.7 Å². The van der Waals surface area contributed by atoms with Gasteiger partial charge in [0.25, 0.3) is 0 Å². The Bertz CT molecular complexity index is 385. The summed E-state index contributed by atoms with van der Waals surface area (Å²) in [6.07, 6.45) is 4.12. The molecule has 0 amide bonds. The van der Waals surface area contributed by atoms with Crippen LogP contribution < -0.4 is 5.32 Å². The maximum Gasteiger partial charge on any atom is 0.0414 e. The van der Waals surface area contributed by atoms with Crippen molar-refractivity contribution in [3.05, 3.63) is 22.4 Å².